The van der Waals surface area contributed by atoms with Crippen LogP contribution < -0.4 is 20.1 Å². The van der Waals surface area contributed by atoms with E-state index in [-0.39, 0.29) is 35.7 Å². The molecule has 28 heavy (non-hydrogen) atoms. The minimum atomic E-state index is -0.565. The van der Waals surface area contributed by atoms with Crippen molar-refractivity contribution >= 4 is 23.2 Å². The summed E-state index contributed by atoms with van der Waals surface area (Å²) < 4.78 is 10.5. The van der Waals surface area contributed by atoms with Crippen LogP contribution in [-0.4, -0.2) is 36.5 Å². The van der Waals surface area contributed by atoms with Gasteiger partial charge in [0.25, 0.3) is 17.5 Å². The first kappa shape index (κ1) is 19.2. The molecule has 1 aliphatic rings. The predicted molar refractivity (Wildman–Crippen MR) is 101 cm³/mol. The van der Waals surface area contributed by atoms with Crippen molar-refractivity contribution in [1.82, 2.24) is 5.32 Å². The van der Waals surface area contributed by atoms with Gasteiger partial charge in [-0.3, -0.25) is 19.7 Å². The van der Waals surface area contributed by atoms with E-state index < -0.39 is 10.8 Å². The summed E-state index contributed by atoms with van der Waals surface area (Å²) in [7, 11) is 1.40. The molecule has 2 aromatic carbocycles. The number of carbonyl (C=O) groups is 2. The lowest BCUT2D eigenvalue weighted by Crippen LogP contribution is -2.25. The molecular formula is C19H19N3O6. The number of hydrogen-bond acceptors (Lipinski definition) is 6. The van der Waals surface area contributed by atoms with Crippen molar-refractivity contribution in [3.8, 4) is 11.5 Å². The Morgan fingerprint density at radius 2 is 1.96 bits per heavy atom. The summed E-state index contributed by atoms with van der Waals surface area (Å²) in [5.41, 5.74) is 0.722. The zero-order chi connectivity index (χ0) is 20.1. The highest BCUT2D eigenvalue weighted by Gasteiger charge is 2.23. The highest BCUT2D eigenvalue weighted by Crippen LogP contribution is 2.31. The van der Waals surface area contributed by atoms with Crippen LogP contribution in [0.25, 0.3) is 0 Å². The molecule has 2 N–H and O–H groups in total. The summed E-state index contributed by atoms with van der Waals surface area (Å²) in [6.07, 6.45) is 1.97. The van der Waals surface area contributed by atoms with Crippen molar-refractivity contribution in [2.45, 2.75) is 18.9 Å². The Kier molecular flexibility index (Phi) is 5.73. The van der Waals surface area contributed by atoms with Gasteiger partial charge in [-0.15, -0.1) is 0 Å². The molecule has 0 bridgehead atoms. The Balaban J connectivity index is 1.61. The van der Waals surface area contributed by atoms with Crippen LogP contribution in [0.4, 0.5) is 11.4 Å². The van der Waals surface area contributed by atoms with Crippen LogP contribution in [0.5, 0.6) is 11.5 Å². The van der Waals surface area contributed by atoms with Crippen LogP contribution in [0, 0.1) is 10.1 Å². The van der Waals surface area contributed by atoms with Crippen LogP contribution in [0.3, 0.4) is 0 Å². The Morgan fingerprint density at radius 1 is 1.18 bits per heavy atom. The summed E-state index contributed by atoms with van der Waals surface area (Å²) in [6.45, 7) is -0.379. The fraction of sp³-hybridized carbons (Fsp3) is 0.263. The van der Waals surface area contributed by atoms with E-state index in [2.05, 4.69) is 10.6 Å². The van der Waals surface area contributed by atoms with Gasteiger partial charge < -0.3 is 20.1 Å². The van der Waals surface area contributed by atoms with Crippen LogP contribution in [0.15, 0.2) is 42.5 Å². The number of nitro benzene ring substituents is 1. The second kappa shape index (κ2) is 8.38. The summed E-state index contributed by atoms with van der Waals surface area (Å²) in [4.78, 5) is 34.6. The third-order valence-corrected chi connectivity index (χ3v) is 4.04. The number of anilines is 1. The molecule has 0 unspecified atom stereocenters. The lowest BCUT2D eigenvalue weighted by Gasteiger charge is -2.11. The standard InChI is InChI=1S/C19H19N3O6/c1-27-16-8-7-15(22(25)26)10-17(16)28-11-18(23)20-14-4-2-3-12(9-14)19(24)21-13-5-6-13/h2-4,7-10,13H,5-6,11H2,1H3,(H,20,23)(H,21,24). The molecule has 3 rings (SSSR count). The summed E-state index contributed by atoms with van der Waals surface area (Å²) in [6, 6.07) is 10.7. The zero-order valence-electron chi connectivity index (χ0n) is 15.1. The largest absolute Gasteiger partial charge is 0.493 e. The summed E-state index contributed by atoms with van der Waals surface area (Å²) in [5, 5.41) is 16.4. The van der Waals surface area contributed by atoms with Gasteiger partial charge in [0.1, 0.15) is 0 Å². The van der Waals surface area contributed by atoms with E-state index in [9.17, 15) is 19.7 Å². The van der Waals surface area contributed by atoms with Crippen LogP contribution in [0.1, 0.15) is 23.2 Å². The monoisotopic (exact) mass is 385 g/mol. The van der Waals surface area contributed by atoms with Crippen molar-refractivity contribution in [1.29, 1.82) is 0 Å². The number of hydrogen-bond donors (Lipinski definition) is 2. The van der Waals surface area contributed by atoms with Gasteiger partial charge in [-0.2, -0.15) is 0 Å². The predicted octanol–water partition coefficient (Wildman–Crippen LogP) is 2.51. The molecular weight excluding hydrogens is 366 g/mol. The van der Waals surface area contributed by atoms with Gasteiger partial charge in [0.2, 0.25) is 0 Å². The van der Waals surface area contributed by atoms with Gasteiger partial charge in [0, 0.05) is 23.4 Å². The molecule has 146 valence electrons. The maximum atomic E-state index is 12.2. The molecule has 0 saturated heterocycles. The molecule has 1 aliphatic carbocycles. The van der Waals surface area contributed by atoms with E-state index in [0.717, 1.165) is 12.8 Å². The third-order valence-electron chi connectivity index (χ3n) is 4.04. The van der Waals surface area contributed by atoms with E-state index in [4.69, 9.17) is 9.47 Å². The van der Waals surface area contributed by atoms with Crippen molar-refractivity contribution in [2.24, 2.45) is 0 Å². The molecule has 0 heterocycles. The average molecular weight is 385 g/mol. The highest BCUT2D eigenvalue weighted by molar-refractivity contribution is 5.97. The Hall–Kier alpha value is -3.62. The van der Waals surface area contributed by atoms with Crippen molar-refractivity contribution in [2.75, 3.05) is 19.0 Å². The Bertz CT molecular complexity index is 910. The minimum absolute atomic E-state index is 0.0874. The molecule has 0 spiro atoms. The molecule has 0 aliphatic heterocycles. The fourth-order valence-corrected chi connectivity index (χ4v) is 2.47. The summed E-state index contributed by atoms with van der Waals surface area (Å²) in [5.74, 6) is -0.300. The van der Waals surface area contributed by atoms with Crippen molar-refractivity contribution in [3.63, 3.8) is 0 Å². The van der Waals surface area contributed by atoms with Gasteiger partial charge in [0.05, 0.1) is 18.1 Å². The van der Waals surface area contributed by atoms with E-state index in [0.29, 0.717) is 11.3 Å². The average Bonchev–Trinajstić information content (AvgIpc) is 3.50. The van der Waals surface area contributed by atoms with Gasteiger partial charge in [-0.1, -0.05) is 6.07 Å². The molecule has 1 saturated carbocycles. The first-order valence-corrected chi connectivity index (χ1v) is 8.62. The normalized spacial score (nSPS) is 12.8. The van der Waals surface area contributed by atoms with Gasteiger partial charge in [-0.05, 0) is 37.1 Å². The highest BCUT2D eigenvalue weighted by atomic mass is 16.6. The number of nitrogens with zero attached hydrogens (tertiary/aromatic N) is 1. The fourth-order valence-electron chi connectivity index (χ4n) is 2.47. The van der Waals surface area contributed by atoms with E-state index >= 15 is 0 Å². The van der Waals surface area contributed by atoms with E-state index in [1.165, 1.54) is 25.3 Å². The van der Waals surface area contributed by atoms with Gasteiger partial charge in [-0.25, -0.2) is 0 Å². The maximum absolute atomic E-state index is 12.2. The number of non-ortho nitro benzene ring substituents is 1. The topological polar surface area (TPSA) is 120 Å². The third kappa shape index (κ3) is 4.97. The van der Waals surface area contributed by atoms with Crippen LogP contribution >= 0.6 is 0 Å². The van der Waals surface area contributed by atoms with E-state index in [1.807, 2.05) is 0 Å². The summed E-state index contributed by atoms with van der Waals surface area (Å²) >= 11 is 0. The minimum Gasteiger partial charge on any atom is -0.493 e. The van der Waals surface area contributed by atoms with Gasteiger partial charge >= 0.3 is 0 Å². The first-order chi connectivity index (χ1) is 13.5. The number of nitro groups is 1. The second-order valence-corrected chi connectivity index (χ2v) is 6.26. The zero-order valence-corrected chi connectivity index (χ0v) is 15.1. The number of benzene rings is 2. The first-order valence-electron chi connectivity index (χ1n) is 8.62. The van der Waals surface area contributed by atoms with Crippen LogP contribution in [0.2, 0.25) is 0 Å². The second-order valence-electron chi connectivity index (χ2n) is 6.26. The Morgan fingerprint density at radius 3 is 2.64 bits per heavy atom. The Labute approximate surface area is 160 Å². The van der Waals surface area contributed by atoms with Gasteiger partial charge in [0.15, 0.2) is 18.1 Å². The molecule has 2 amide bonds. The quantitative estimate of drug-likeness (QED) is 0.532. The lowest BCUT2D eigenvalue weighted by molar-refractivity contribution is -0.385. The number of ether oxygens (including phenoxy) is 2. The SMILES string of the molecule is COc1ccc([N+](=O)[O-])cc1OCC(=O)Nc1cccc(C(=O)NC2CC2)c1. The lowest BCUT2D eigenvalue weighted by atomic mass is 10.2. The number of carbonyl (C=O) groups excluding carboxylic acids is 2. The number of amides is 2. The molecule has 0 aromatic heterocycles. The molecule has 2 aromatic rings. The molecule has 1 fully saturated rings. The maximum Gasteiger partial charge on any atom is 0.273 e. The van der Waals surface area contributed by atoms with E-state index in [1.54, 1.807) is 24.3 Å². The molecule has 0 atom stereocenters. The van der Waals surface area contributed by atoms with Crippen LogP contribution in [-0.2, 0) is 4.79 Å². The van der Waals surface area contributed by atoms with Crippen molar-refractivity contribution in [3.05, 3.63) is 58.1 Å². The number of nitrogens with one attached hydrogen (secondary N) is 2. The van der Waals surface area contributed by atoms with Crippen molar-refractivity contribution < 1.29 is 24.0 Å². The number of rotatable bonds is 8. The smallest absolute Gasteiger partial charge is 0.273 e. The molecule has 9 heteroatoms. The number of methoxy groups -OCH3 is 1. The molecule has 0 radical (unpaired) electrons. The molecule has 9 nitrogen and oxygen atoms in total.